The van der Waals surface area contributed by atoms with Gasteiger partial charge in [-0.25, -0.2) is 0 Å². The van der Waals surface area contributed by atoms with Crippen LogP contribution in [0.3, 0.4) is 0 Å². The second-order valence-electron chi connectivity index (χ2n) is 16.1. The van der Waals surface area contributed by atoms with Crippen LogP contribution < -0.4 is 0 Å². The van der Waals surface area contributed by atoms with Crippen molar-refractivity contribution in [3.05, 3.63) is 180 Å². The summed E-state index contributed by atoms with van der Waals surface area (Å²) in [6.45, 7) is 16.2. The molecule has 0 atom stereocenters. The van der Waals surface area contributed by atoms with Crippen molar-refractivity contribution in [3.63, 3.8) is 0 Å². The summed E-state index contributed by atoms with van der Waals surface area (Å²) < 4.78 is 36.6. The monoisotopic (exact) mass is 897 g/mol. The Morgan fingerprint density at radius 1 is 0.527 bits per heavy atom. The Bertz CT molecular complexity index is 2650. The molecular weight excluding hydrogens is 845 g/mol. The standard InChI is InChI=1S/C52H48N2.Ir/c1-35-30-37(16-15-36-17-19-39(20-18-36)48-14-10-11-28-53-48)32-43(31-35)45-13-9-8-12-44(45)38-21-23-40(24-22-38)49-34-42(27-29-54-49)41-25-26-46-47(33-41)51(4,5)52(6,7)50(46,2)3;/h8-14,17-19,21-23,25-34H,15-16H2,1-7H3;/q-2;/i15D2,16D2;. The van der Waals surface area contributed by atoms with Gasteiger partial charge in [0.15, 0.2) is 0 Å². The van der Waals surface area contributed by atoms with Gasteiger partial charge in [0, 0.05) is 38.0 Å². The molecule has 0 spiro atoms. The Morgan fingerprint density at radius 2 is 1.16 bits per heavy atom. The van der Waals surface area contributed by atoms with Crippen molar-refractivity contribution < 1.29 is 25.6 Å². The van der Waals surface area contributed by atoms with Crippen LogP contribution in [0.15, 0.2) is 140 Å². The molecule has 1 aliphatic rings. The molecule has 8 rings (SSSR count). The predicted octanol–water partition coefficient (Wildman–Crippen LogP) is 13.1. The molecule has 0 saturated heterocycles. The Hall–Kier alpha value is -4.95. The van der Waals surface area contributed by atoms with Crippen LogP contribution in [0.2, 0.25) is 0 Å². The van der Waals surface area contributed by atoms with Gasteiger partial charge in [0.1, 0.15) is 0 Å². The summed E-state index contributed by atoms with van der Waals surface area (Å²) in [7, 11) is 0. The fourth-order valence-electron chi connectivity index (χ4n) is 8.08. The average Bonchev–Trinajstić information content (AvgIpc) is 3.33. The molecule has 0 saturated carbocycles. The summed E-state index contributed by atoms with van der Waals surface area (Å²) in [5.41, 5.74) is 13.5. The molecule has 2 nitrogen and oxygen atoms in total. The molecule has 0 bridgehead atoms. The number of nitrogens with zero attached hydrogens (tertiary/aromatic N) is 2. The number of hydrogen-bond acceptors (Lipinski definition) is 2. The van der Waals surface area contributed by atoms with E-state index < -0.39 is 12.7 Å². The van der Waals surface area contributed by atoms with Gasteiger partial charge in [-0.1, -0.05) is 143 Å². The minimum atomic E-state index is -2.36. The van der Waals surface area contributed by atoms with Crippen LogP contribution in [0.4, 0.5) is 0 Å². The van der Waals surface area contributed by atoms with Crippen LogP contribution in [0.5, 0.6) is 0 Å². The van der Waals surface area contributed by atoms with Crippen molar-refractivity contribution in [1.82, 2.24) is 9.97 Å². The van der Waals surface area contributed by atoms with Crippen molar-refractivity contribution in [2.24, 2.45) is 5.41 Å². The zero-order chi connectivity index (χ0) is 41.3. The predicted molar refractivity (Wildman–Crippen MR) is 225 cm³/mol. The van der Waals surface area contributed by atoms with Gasteiger partial charge in [-0.15, -0.1) is 65.2 Å². The molecule has 0 N–H and O–H groups in total. The van der Waals surface area contributed by atoms with Crippen LogP contribution in [0.1, 0.15) is 74.8 Å². The number of aromatic nitrogens is 2. The quantitative estimate of drug-likeness (QED) is 0.142. The summed E-state index contributed by atoms with van der Waals surface area (Å²) in [5, 5.41) is 0. The third kappa shape index (κ3) is 7.06. The van der Waals surface area contributed by atoms with Gasteiger partial charge >= 0.3 is 0 Å². The first-order valence-electron chi connectivity index (χ1n) is 20.7. The summed E-state index contributed by atoms with van der Waals surface area (Å²) in [5.74, 6) is 0. The fraction of sp³-hybridized carbons (Fsp3) is 0.231. The number of hydrogen-bond donors (Lipinski definition) is 0. The van der Waals surface area contributed by atoms with Crippen molar-refractivity contribution >= 4 is 0 Å². The molecule has 1 radical (unpaired) electrons. The average molecular weight is 897 g/mol. The maximum absolute atomic E-state index is 9.21. The first-order valence-corrected chi connectivity index (χ1v) is 18.7. The van der Waals surface area contributed by atoms with Crippen LogP contribution >= 0.6 is 0 Å². The third-order valence-corrected chi connectivity index (χ3v) is 12.4. The second kappa shape index (κ2) is 14.9. The molecule has 5 aromatic carbocycles. The van der Waals surface area contributed by atoms with Crippen LogP contribution in [0.25, 0.3) is 55.9 Å². The molecule has 0 unspecified atom stereocenters. The number of fused-ring (bicyclic) bond motifs is 1. The Labute approximate surface area is 347 Å². The van der Waals surface area contributed by atoms with Crippen molar-refractivity contribution in [1.29, 1.82) is 0 Å². The first-order chi connectivity index (χ1) is 27.4. The minimum absolute atomic E-state index is 0. The molecule has 0 fully saturated rings. The Balaban J connectivity index is 0.00000528. The largest absolute Gasteiger partial charge is 0.305 e. The van der Waals surface area contributed by atoms with E-state index in [0.29, 0.717) is 0 Å². The molecule has 0 aliphatic heterocycles. The number of rotatable bonds is 8. The number of pyridine rings is 2. The van der Waals surface area contributed by atoms with E-state index in [0.717, 1.165) is 55.9 Å². The van der Waals surface area contributed by atoms with Gasteiger partial charge in [0.25, 0.3) is 0 Å². The van der Waals surface area contributed by atoms with Gasteiger partial charge in [-0.05, 0) is 92.0 Å². The molecule has 3 heteroatoms. The topological polar surface area (TPSA) is 25.8 Å². The van der Waals surface area contributed by atoms with E-state index in [1.165, 1.54) is 22.8 Å². The van der Waals surface area contributed by atoms with Gasteiger partial charge in [0.05, 0.1) is 0 Å². The zero-order valence-corrected chi connectivity index (χ0v) is 34.9. The Kier molecular flexibility index (Phi) is 9.07. The van der Waals surface area contributed by atoms with Gasteiger partial charge in [-0.3, -0.25) is 0 Å². The van der Waals surface area contributed by atoms with E-state index >= 15 is 0 Å². The summed E-state index contributed by atoms with van der Waals surface area (Å²) in [6.07, 6.45) is -1.13. The third-order valence-electron chi connectivity index (χ3n) is 12.4. The smallest absolute Gasteiger partial charge is 0.0311 e. The van der Waals surface area contributed by atoms with Crippen molar-refractivity contribution in [3.8, 4) is 55.9 Å². The molecule has 2 heterocycles. The number of benzene rings is 5. The van der Waals surface area contributed by atoms with Crippen LogP contribution in [0, 0.1) is 24.5 Å². The van der Waals surface area contributed by atoms with Gasteiger partial charge < -0.3 is 9.97 Å². The fourth-order valence-corrected chi connectivity index (χ4v) is 8.08. The molecule has 55 heavy (non-hydrogen) atoms. The van der Waals surface area contributed by atoms with Gasteiger partial charge in [0.2, 0.25) is 0 Å². The van der Waals surface area contributed by atoms with E-state index in [-0.39, 0.29) is 47.5 Å². The molecule has 7 aromatic rings. The van der Waals surface area contributed by atoms with Gasteiger partial charge in [-0.2, -0.15) is 0 Å². The zero-order valence-electron chi connectivity index (χ0n) is 36.5. The van der Waals surface area contributed by atoms with Crippen molar-refractivity contribution in [2.45, 2.75) is 72.0 Å². The first kappa shape index (κ1) is 33.4. The summed E-state index contributed by atoms with van der Waals surface area (Å²) in [4.78, 5) is 9.11. The maximum Gasteiger partial charge on any atom is 0.0311 e. The second-order valence-corrected chi connectivity index (χ2v) is 16.1. The van der Waals surface area contributed by atoms with E-state index in [1.54, 1.807) is 30.5 Å². The van der Waals surface area contributed by atoms with Crippen molar-refractivity contribution in [2.75, 3.05) is 0 Å². The molecular formula is C52H48IrN2-2. The maximum atomic E-state index is 9.21. The summed E-state index contributed by atoms with van der Waals surface area (Å²) >= 11 is 0. The minimum Gasteiger partial charge on any atom is -0.305 e. The molecule has 1 aliphatic carbocycles. The van der Waals surface area contributed by atoms with E-state index in [4.69, 9.17) is 7.73 Å². The van der Waals surface area contributed by atoms with E-state index in [1.807, 2.05) is 61.7 Å². The SMILES string of the molecule is [2H]C([2H])(c1c[c-]c(-c2ccccn2)cc1)C([2H])([2H])c1cc(C)cc(-c2ccccc2-c2c[c-]c(-c3cc(-c4ccc5c(c4)C(C)(C)C(C)(C)C5(C)C)ccn3)cc2)c1.[Ir]. The molecule has 2 aromatic heterocycles. The normalized spacial score (nSPS) is 16.5. The van der Waals surface area contributed by atoms with E-state index in [9.17, 15) is 2.74 Å². The Morgan fingerprint density at radius 3 is 1.87 bits per heavy atom. The summed E-state index contributed by atoms with van der Waals surface area (Å²) in [6, 6.07) is 48.0. The number of aryl methyl sites for hydroxylation is 3. The van der Waals surface area contributed by atoms with Crippen LogP contribution in [-0.2, 0) is 43.7 Å². The molecule has 277 valence electrons. The molecule has 0 amide bonds. The van der Waals surface area contributed by atoms with E-state index in [2.05, 4.69) is 107 Å². The van der Waals surface area contributed by atoms with Crippen LogP contribution in [-0.4, -0.2) is 9.97 Å².